The molecule has 1 spiro atoms. The largest absolute Gasteiger partial charge is 0.348 e. The van der Waals surface area contributed by atoms with Crippen molar-refractivity contribution in [2.24, 2.45) is 11.8 Å². The number of nitrogens with one attached hydrogen (secondary N) is 1. The van der Waals surface area contributed by atoms with E-state index in [1.165, 1.54) is 19.5 Å². The molecule has 2 aliphatic heterocycles. The molecular weight excluding hydrogens is 166 g/mol. The Bertz CT molecular complexity index is 185. The van der Waals surface area contributed by atoms with Gasteiger partial charge in [0.2, 0.25) is 0 Å². The maximum absolute atomic E-state index is 5.74. The molecule has 1 N–H and O–H groups in total. The lowest BCUT2D eigenvalue weighted by Gasteiger charge is -2.24. The Morgan fingerprint density at radius 1 is 1.08 bits per heavy atom. The highest BCUT2D eigenvalue weighted by Gasteiger charge is 2.49. The Balaban J connectivity index is 1.74. The molecule has 1 aliphatic carbocycles. The third-order valence-electron chi connectivity index (χ3n) is 3.73. The minimum absolute atomic E-state index is 0.165. The van der Waals surface area contributed by atoms with Crippen LogP contribution in [0.5, 0.6) is 0 Å². The monoisotopic (exact) mass is 183 g/mol. The van der Waals surface area contributed by atoms with Crippen LogP contribution in [0.4, 0.5) is 0 Å². The maximum Gasteiger partial charge on any atom is 0.169 e. The zero-order valence-electron chi connectivity index (χ0n) is 7.92. The molecular formula is C10H17NO2. The van der Waals surface area contributed by atoms with Gasteiger partial charge in [0, 0.05) is 12.8 Å². The predicted molar refractivity (Wildman–Crippen MR) is 48.3 cm³/mol. The first-order valence-corrected chi connectivity index (χ1v) is 5.37. The maximum atomic E-state index is 5.74. The van der Waals surface area contributed by atoms with E-state index in [1.807, 2.05) is 0 Å². The van der Waals surface area contributed by atoms with Crippen LogP contribution in [0.1, 0.15) is 19.3 Å². The molecule has 0 amide bonds. The lowest BCUT2D eigenvalue weighted by molar-refractivity contribution is -0.154. The molecule has 3 aliphatic rings. The molecule has 0 aromatic heterocycles. The van der Waals surface area contributed by atoms with Gasteiger partial charge in [0.05, 0.1) is 13.2 Å². The number of hydrogen-bond acceptors (Lipinski definition) is 3. The summed E-state index contributed by atoms with van der Waals surface area (Å²) in [6.07, 6.45) is 3.56. The minimum atomic E-state index is -0.165. The van der Waals surface area contributed by atoms with E-state index < -0.39 is 0 Å². The molecule has 3 fully saturated rings. The third kappa shape index (κ3) is 1.30. The number of hydrogen-bond donors (Lipinski definition) is 1. The molecule has 3 heteroatoms. The van der Waals surface area contributed by atoms with Gasteiger partial charge < -0.3 is 14.8 Å². The van der Waals surface area contributed by atoms with Gasteiger partial charge in [-0.05, 0) is 31.3 Å². The van der Waals surface area contributed by atoms with Crippen LogP contribution in [0.25, 0.3) is 0 Å². The highest BCUT2D eigenvalue weighted by molar-refractivity contribution is 4.94. The third-order valence-corrected chi connectivity index (χ3v) is 3.73. The van der Waals surface area contributed by atoms with E-state index in [0.717, 1.165) is 37.9 Å². The first-order chi connectivity index (χ1) is 6.38. The standard InChI is InChI=1S/C10H17NO2/c1-2-11-7-9-6-10(5-8(1)9)12-3-4-13-10/h8-9,11H,1-7H2/t8-,9-/m1/s1. The van der Waals surface area contributed by atoms with Crippen LogP contribution in [0, 0.1) is 11.8 Å². The van der Waals surface area contributed by atoms with E-state index >= 15 is 0 Å². The van der Waals surface area contributed by atoms with Gasteiger partial charge in [0.15, 0.2) is 5.79 Å². The average molecular weight is 183 g/mol. The van der Waals surface area contributed by atoms with E-state index in [-0.39, 0.29) is 5.79 Å². The van der Waals surface area contributed by atoms with Crippen molar-refractivity contribution in [3.05, 3.63) is 0 Å². The molecule has 2 atom stereocenters. The first-order valence-electron chi connectivity index (χ1n) is 5.37. The summed E-state index contributed by atoms with van der Waals surface area (Å²) in [6.45, 7) is 3.94. The van der Waals surface area contributed by atoms with Gasteiger partial charge in [-0.1, -0.05) is 0 Å². The van der Waals surface area contributed by atoms with Crippen molar-refractivity contribution in [3.8, 4) is 0 Å². The second kappa shape index (κ2) is 2.94. The molecule has 2 saturated heterocycles. The summed E-state index contributed by atoms with van der Waals surface area (Å²) < 4.78 is 11.5. The summed E-state index contributed by atoms with van der Waals surface area (Å²) in [5, 5.41) is 3.45. The van der Waals surface area contributed by atoms with E-state index in [1.54, 1.807) is 0 Å². The molecule has 0 unspecified atom stereocenters. The highest BCUT2D eigenvalue weighted by atomic mass is 16.7. The fourth-order valence-electron chi connectivity index (χ4n) is 3.10. The Hall–Kier alpha value is -0.120. The van der Waals surface area contributed by atoms with Crippen molar-refractivity contribution >= 4 is 0 Å². The summed E-state index contributed by atoms with van der Waals surface area (Å²) in [6, 6.07) is 0. The second-order valence-corrected chi connectivity index (χ2v) is 4.53. The van der Waals surface area contributed by atoms with Crippen LogP contribution in [0.2, 0.25) is 0 Å². The summed E-state index contributed by atoms with van der Waals surface area (Å²) in [4.78, 5) is 0. The lowest BCUT2D eigenvalue weighted by atomic mass is 9.90. The summed E-state index contributed by atoms with van der Waals surface area (Å²) in [5.41, 5.74) is 0. The molecule has 3 rings (SSSR count). The van der Waals surface area contributed by atoms with E-state index in [0.29, 0.717) is 0 Å². The van der Waals surface area contributed by atoms with Crippen molar-refractivity contribution in [2.75, 3.05) is 26.3 Å². The Kier molecular flexibility index (Phi) is 1.86. The number of fused-ring (bicyclic) bond motifs is 1. The molecule has 74 valence electrons. The Labute approximate surface area is 78.8 Å². The molecule has 3 nitrogen and oxygen atoms in total. The van der Waals surface area contributed by atoms with Crippen LogP contribution < -0.4 is 5.32 Å². The van der Waals surface area contributed by atoms with E-state index in [2.05, 4.69) is 5.32 Å². The highest BCUT2D eigenvalue weighted by Crippen LogP contribution is 2.46. The van der Waals surface area contributed by atoms with Gasteiger partial charge in [0.25, 0.3) is 0 Å². The van der Waals surface area contributed by atoms with Crippen molar-refractivity contribution in [1.82, 2.24) is 5.32 Å². The summed E-state index contributed by atoms with van der Waals surface area (Å²) in [5.74, 6) is 1.48. The number of ether oxygens (including phenoxy) is 2. The van der Waals surface area contributed by atoms with Crippen LogP contribution >= 0.6 is 0 Å². The van der Waals surface area contributed by atoms with Gasteiger partial charge in [0.1, 0.15) is 0 Å². The van der Waals surface area contributed by atoms with Gasteiger partial charge >= 0.3 is 0 Å². The zero-order chi connectivity index (χ0) is 8.73. The topological polar surface area (TPSA) is 30.5 Å². The Morgan fingerprint density at radius 2 is 1.85 bits per heavy atom. The van der Waals surface area contributed by atoms with Gasteiger partial charge in [-0.15, -0.1) is 0 Å². The quantitative estimate of drug-likeness (QED) is 0.601. The van der Waals surface area contributed by atoms with Crippen LogP contribution in [0.15, 0.2) is 0 Å². The average Bonchev–Trinajstić information content (AvgIpc) is 2.72. The SMILES string of the molecule is C1C[C@@H]2CC3(C[C@@H]2CN1)OCCO3. The molecule has 0 bridgehead atoms. The number of rotatable bonds is 0. The van der Waals surface area contributed by atoms with Crippen molar-refractivity contribution in [1.29, 1.82) is 0 Å². The predicted octanol–water partition coefficient (Wildman–Crippen LogP) is 0.749. The zero-order valence-corrected chi connectivity index (χ0v) is 7.92. The van der Waals surface area contributed by atoms with Gasteiger partial charge in [-0.2, -0.15) is 0 Å². The minimum Gasteiger partial charge on any atom is -0.348 e. The first kappa shape index (κ1) is 8.21. The molecule has 2 heterocycles. The van der Waals surface area contributed by atoms with Crippen LogP contribution in [-0.4, -0.2) is 32.1 Å². The van der Waals surface area contributed by atoms with Crippen molar-refractivity contribution in [3.63, 3.8) is 0 Å². The fourth-order valence-corrected chi connectivity index (χ4v) is 3.10. The molecule has 0 radical (unpaired) electrons. The molecule has 0 aromatic rings. The van der Waals surface area contributed by atoms with Gasteiger partial charge in [-0.3, -0.25) is 0 Å². The van der Waals surface area contributed by atoms with E-state index in [9.17, 15) is 0 Å². The van der Waals surface area contributed by atoms with E-state index in [4.69, 9.17) is 9.47 Å². The lowest BCUT2D eigenvalue weighted by Crippen LogP contribution is -2.33. The Morgan fingerprint density at radius 3 is 2.62 bits per heavy atom. The summed E-state index contributed by atoms with van der Waals surface area (Å²) in [7, 11) is 0. The number of piperidine rings is 1. The van der Waals surface area contributed by atoms with Crippen molar-refractivity contribution in [2.45, 2.75) is 25.0 Å². The molecule has 1 saturated carbocycles. The fraction of sp³-hybridized carbons (Fsp3) is 1.00. The van der Waals surface area contributed by atoms with Crippen LogP contribution in [0.3, 0.4) is 0 Å². The smallest absolute Gasteiger partial charge is 0.169 e. The second-order valence-electron chi connectivity index (χ2n) is 4.53. The van der Waals surface area contributed by atoms with Crippen molar-refractivity contribution < 1.29 is 9.47 Å². The molecule has 13 heavy (non-hydrogen) atoms. The molecule has 0 aromatic carbocycles. The normalized spacial score (nSPS) is 42.5. The van der Waals surface area contributed by atoms with Crippen LogP contribution in [-0.2, 0) is 9.47 Å². The summed E-state index contributed by atoms with van der Waals surface area (Å²) >= 11 is 0. The van der Waals surface area contributed by atoms with Gasteiger partial charge in [-0.25, -0.2) is 0 Å².